The van der Waals surface area contributed by atoms with Crippen LogP contribution in [0, 0.1) is 11.8 Å². The second kappa shape index (κ2) is 4.98. The number of rotatable bonds is 2. The van der Waals surface area contributed by atoms with Gasteiger partial charge in [-0.15, -0.1) is 0 Å². The van der Waals surface area contributed by atoms with Crippen molar-refractivity contribution in [1.82, 2.24) is 0 Å². The summed E-state index contributed by atoms with van der Waals surface area (Å²) in [6.07, 6.45) is -0.645. The molecule has 3 heteroatoms. The van der Waals surface area contributed by atoms with Gasteiger partial charge in [-0.05, 0) is 5.56 Å². The molecule has 0 aliphatic carbocycles. The lowest BCUT2D eigenvalue weighted by molar-refractivity contribution is -0.217. The van der Waals surface area contributed by atoms with Gasteiger partial charge in [-0.2, -0.15) is 0 Å². The number of carbonyl (C=O) groups excluding carboxylic acids is 1. The molecule has 92 valence electrons. The minimum Gasteiger partial charge on any atom is -0.355 e. The lowest BCUT2D eigenvalue weighted by atomic mass is 9.84. The van der Waals surface area contributed by atoms with Crippen LogP contribution >= 0.6 is 0 Å². The van der Waals surface area contributed by atoms with Crippen molar-refractivity contribution in [1.29, 1.82) is 0 Å². The Hall–Kier alpha value is -1.19. The van der Waals surface area contributed by atoms with Crippen molar-refractivity contribution in [2.24, 2.45) is 11.8 Å². The fourth-order valence-electron chi connectivity index (χ4n) is 2.35. The lowest BCUT2D eigenvalue weighted by Gasteiger charge is -2.37. The molecule has 0 radical (unpaired) electrons. The average molecular weight is 234 g/mol. The van der Waals surface area contributed by atoms with Crippen LogP contribution in [0.15, 0.2) is 30.3 Å². The summed E-state index contributed by atoms with van der Waals surface area (Å²) < 4.78 is 11.1. The molecule has 1 heterocycles. The summed E-state index contributed by atoms with van der Waals surface area (Å²) in [6, 6.07) is 9.83. The zero-order valence-corrected chi connectivity index (χ0v) is 10.4. The maximum absolute atomic E-state index is 12.1. The van der Waals surface area contributed by atoms with Gasteiger partial charge in [0.2, 0.25) is 0 Å². The largest absolute Gasteiger partial charge is 0.355 e. The monoisotopic (exact) mass is 234 g/mol. The zero-order chi connectivity index (χ0) is 12.4. The van der Waals surface area contributed by atoms with Crippen molar-refractivity contribution in [3.05, 3.63) is 35.9 Å². The zero-order valence-electron chi connectivity index (χ0n) is 10.4. The van der Waals surface area contributed by atoms with E-state index in [1.54, 1.807) is 7.11 Å². The lowest BCUT2D eigenvalue weighted by Crippen LogP contribution is -2.43. The Labute approximate surface area is 102 Å². The minimum absolute atomic E-state index is 0.126. The van der Waals surface area contributed by atoms with Crippen molar-refractivity contribution in [2.75, 3.05) is 7.11 Å². The van der Waals surface area contributed by atoms with Crippen molar-refractivity contribution in [3.8, 4) is 0 Å². The highest BCUT2D eigenvalue weighted by molar-refractivity contribution is 5.84. The van der Waals surface area contributed by atoms with Crippen LogP contribution in [0.4, 0.5) is 0 Å². The summed E-state index contributed by atoms with van der Waals surface area (Å²) in [7, 11) is 1.58. The van der Waals surface area contributed by atoms with Gasteiger partial charge < -0.3 is 9.47 Å². The van der Waals surface area contributed by atoms with Crippen LogP contribution in [0.5, 0.6) is 0 Å². The molecule has 1 saturated heterocycles. The van der Waals surface area contributed by atoms with Gasteiger partial charge in [-0.1, -0.05) is 44.2 Å². The standard InChI is InChI=1S/C14H18O3/c1-9-12(15)10(2)14(16-3)17-13(9)11-7-5-4-6-8-11/h4-10,13-14H,1-3H3/t9-,10-,13+,14-/m1/s1. The van der Waals surface area contributed by atoms with Gasteiger partial charge in [0.25, 0.3) is 0 Å². The summed E-state index contributed by atoms with van der Waals surface area (Å²) in [6.45, 7) is 3.77. The average Bonchev–Trinajstić information content (AvgIpc) is 2.37. The second-order valence-electron chi connectivity index (χ2n) is 4.55. The second-order valence-corrected chi connectivity index (χ2v) is 4.55. The molecule has 3 nitrogen and oxygen atoms in total. The van der Waals surface area contributed by atoms with Crippen LogP contribution in [0.3, 0.4) is 0 Å². The van der Waals surface area contributed by atoms with Crippen LogP contribution in [0.1, 0.15) is 25.5 Å². The van der Waals surface area contributed by atoms with Gasteiger partial charge in [-0.3, -0.25) is 4.79 Å². The van der Waals surface area contributed by atoms with Gasteiger partial charge in [-0.25, -0.2) is 0 Å². The molecule has 1 aromatic rings. The van der Waals surface area contributed by atoms with E-state index in [4.69, 9.17) is 9.47 Å². The minimum atomic E-state index is -0.441. The molecule has 1 aromatic carbocycles. The number of hydrogen-bond donors (Lipinski definition) is 0. The first-order chi connectivity index (χ1) is 8.15. The fourth-order valence-corrected chi connectivity index (χ4v) is 2.35. The quantitative estimate of drug-likeness (QED) is 0.789. The van der Waals surface area contributed by atoms with E-state index in [2.05, 4.69) is 0 Å². The Morgan fingerprint density at radius 3 is 2.35 bits per heavy atom. The van der Waals surface area contributed by atoms with E-state index < -0.39 is 6.29 Å². The van der Waals surface area contributed by atoms with Gasteiger partial charge in [0.05, 0.1) is 12.0 Å². The SMILES string of the molecule is CO[C@@H]1O[C@H](c2ccccc2)[C@H](C)C(=O)[C@H]1C. The molecule has 1 fully saturated rings. The summed E-state index contributed by atoms with van der Waals surface area (Å²) >= 11 is 0. The summed E-state index contributed by atoms with van der Waals surface area (Å²) in [5.41, 5.74) is 1.03. The van der Waals surface area contributed by atoms with Gasteiger partial charge >= 0.3 is 0 Å². The van der Waals surface area contributed by atoms with Gasteiger partial charge in [0, 0.05) is 13.0 Å². The molecule has 0 N–H and O–H groups in total. The van der Waals surface area contributed by atoms with E-state index in [0.29, 0.717) is 0 Å². The molecular weight excluding hydrogens is 216 g/mol. The van der Waals surface area contributed by atoms with Crippen LogP contribution in [0.2, 0.25) is 0 Å². The number of hydrogen-bond acceptors (Lipinski definition) is 3. The maximum atomic E-state index is 12.1. The van der Waals surface area contributed by atoms with E-state index >= 15 is 0 Å². The normalized spacial score (nSPS) is 33.7. The van der Waals surface area contributed by atoms with Crippen LogP contribution in [-0.2, 0) is 14.3 Å². The van der Waals surface area contributed by atoms with Crippen molar-refractivity contribution >= 4 is 5.78 Å². The highest BCUT2D eigenvalue weighted by Crippen LogP contribution is 2.36. The van der Waals surface area contributed by atoms with E-state index in [1.165, 1.54) is 0 Å². The predicted octanol–water partition coefficient (Wildman–Crippen LogP) is 2.57. The fraction of sp³-hybridized carbons (Fsp3) is 0.500. The topological polar surface area (TPSA) is 35.5 Å². The Morgan fingerprint density at radius 1 is 1.12 bits per heavy atom. The number of ketones is 1. The Kier molecular flexibility index (Phi) is 3.60. The molecule has 0 saturated carbocycles. The Morgan fingerprint density at radius 2 is 1.76 bits per heavy atom. The molecule has 17 heavy (non-hydrogen) atoms. The third-order valence-electron chi connectivity index (χ3n) is 3.40. The molecule has 1 aliphatic heterocycles. The number of carbonyl (C=O) groups is 1. The highest BCUT2D eigenvalue weighted by Gasteiger charge is 2.40. The molecule has 2 rings (SSSR count). The Balaban J connectivity index is 2.26. The number of Topliss-reactive ketones (excluding diaryl/α,β-unsaturated/α-hetero) is 1. The van der Waals surface area contributed by atoms with E-state index in [0.717, 1.165) is 5.56 Å². The van der Waals surface area contributed by atoms with Crippen LogP contribution in [0.25, 0.3) is 0 Å². The van der Waals surface area contributed by atoms with Crippen molar-refractivity contribution < 1.29 is 14.3 Å². The summed E-state index contributed by atoms with van der Waals surface area (Å²) in [5.74, 6) is -0.120. The van der Waals surface area contributed by atoms with E-state index in [1.807, 2.05) is 44.2 Å². The van der Waals surface area contributed by atoms with Crippen molar-refractivity contribution in [2.45, 2.75) is 26.2 Å². The first kappa shape index (κ1) is 12.3. The summed E-state index contributed by atoms with van der Waals surface area (Å²) in [5, 5.41) is 0. The third-order valence-corrected chi connectivity index (χ3v) is 3.40. The van der Waals surface area contributed by atoms with Gasteiger partial charge in [0.1, 0.15) is 5.78 Å². The maximum Gasteiger partial charge on any atom is 0.167 e. The van der Waals surface area contributed by atoms with Crippen LogP contribution in [-0.4, -0.2) is 19.2 Å². The predicted molar refractivity (Wildman–Crippen MR) is 64.4 cm³/mol. The molecule has 0 amide bonds. The molecule has 1 aliphatic rings. The highest BCUT2D eigenvalue weighted by atomic mass is 16.7. The number of benzene rings is 1. The molecule has 0 spiro atoms. The summed E-state index contributed by atoms with van der Waals surface area (Å²) in [4.78, 5) is 12.1. The van der Waals surface area contributed by atoms with E-state index in [9.17, 15) is 4.79 Å². The third kappa shape index (κ3) is 2.26. The number of methoxy groups -OCH3 is 1. The molecule has 0 aromatic heterocycles. The molecule has 4 atom stereocenters. The molecule has 0 unspecified atom stereocenters. The first-order valence-electron chi connectivity index (χ1n) is 5.92. The molecule has 0 bridgehead atoms. The van der Waals surface area contributed by atoms with Gasteiger partial charge in [0.15, 0.2) is 6.29 Å². The smallest absolute Gasteiger partial charge is 0.167 e. The molecular formula is C14H18O3. The van der Waals surface area contributed by atoms with E-state index in [-0.39, 0.29) is 23.7 Å². The first-order valence-corrected chi connectivity index (χ1v) is 5.92. The van der Waals surface area contributed by atoms with Crippen molar-refractivity contribution in [3.63, 3.8) is 0 Å². The Bertz CT molecular complexity index is 388. The number of ether oxygens (including phenoxy) is 2. The van der Waals surface area contributed by atoms with Crippen LogP contribution < -0.4 is 0 Å².